The molecule has 0 aliphatic carbocycles. The second-order valence-corrected chi connectivity index (χ2v) is 8.43. The van der Waals surface area contributed by atoms with E-state index in [2.05, 4.69) is 113 Å². The minimum Gasteiger partial charge on any atom is -0.350 e. The van der Waals surface area contributed by atoms with Gasteiger partial charge < -0.3 is 5.32 Å². The third-order valence-corrected chi connectivity index (χ3v) is 6.57. The fraction of sp³-hybridized carbons (Fsp3) is 0.192. The van der Waals surface area contributed by atoms with Crippen LogP contribution in [0.15, 0.2) is 84.9 Å². The highest BCUT2D eigenvalue weighted by atomic mass is 127. The molecule has 0 spiro atoms. The second kappa shape index (κ2) is 8.95. The molecule has 0 bridgehead atoms. The number of carbonyl (C=O) groups is 1. The van der Waals surface area contributed by atoms with Crippen molar-refractivity contribution >= 4 is 50.0 Å². The molecule has 2 nitrogen and oxygen atoms in total. The van der Waals surface area contributed by atoms with Crippen LogP contribution in [0.3, 0.4) is 0 Å². The molecule has 0 aromatic heterocycles. The first kappa shape index (κ1) is 19.9. The Balaban J connectivity index is 1.66. The molecule has 0 saturated carbocycles. The van der Waals surface area contributed by atoms with Crippen LogP contribution in [-0.2, 0) is 4.79 Å². The molecule has 0 radical (unpaired) electrons. The van der Waals surface area contributed by atoms with Crippen LogP contribution in [0.1, 0.15) is 36.4 Å². The number of benzene rings is 4. The number of amides is 1. The van der Waals surface area contributed by atoms with Gasteiger partial charge in [-0.05, 0) is 51.1 Å². The molecule has 3 heteroatoms. The quantitative estimate of drug-likeness (QED) is 0.233. The summed E-state index contributed by atoms with van der Waals surface area (Å²) < 4.78 is 1.000. The van der Waals surface area contributed by atoms with Crippen molar-refractivity contribution in [3.63, 3.8) is 0 Å². The lowest BCUT2D eigenvalue weighted by atomic mass is 9.89. The molecule has 146 valence electrons. The first-order chi connectivity index (χ1) is 14.1. The van der Waals surface area contributed by atoms with Crippen molar-refractivity contribution in [3.05, 3.63) is 96.1 Å². The summed E-state index contributed by atoms with van der Waals surface area (Å²) in [4.78, 5) is 12.0. The van der Waals surface area contributed by atoms with Crippen LogP contribution in [0.25, 0.3) is 21.5 Å². The van der Waals surface area contributed by atoms with Crippen molar-refractivity contribution < 1.29 is 4.79 Å². The van der Waals surface area contributed by atoms with Crippen LogP contribution in [0.2, 0.25) is 0 Å². The molecule has 29 heavy (non-hydrogen) atoms. The zero-order valence-electron chi connectivity index (χ0n) is 16.4. The summed E-state index contributed by atoms with van der Waals surface area (Å²) in [5.41, 5.74) is 2.49. The molecular weight excluding hydrogens is 469 g/mol. The highest BCUT2D eigenvalue weighted by molar-refractivity contribution is 14.1. The monoisotopic (exact) mass is 493 g/mol. The van der Waals surface area contributed by atoms with Gasteiger partial charge in [-0.2, -0.15) is 0 Å². The third-order valence-electron chi connectivity index (χ3n) is 5.50. The van der Waals surface area contributed by atoms with E-state index in [4.69, 9.17) is 0 Å². The van der Waals surface area contributed by atoms with Gasteiger partial charge in [0.05, 0.1) is 6.04 Å². The Morgan fingerprint density at radius 1 is 0.793 bits per heavy atom. The molecule has 2 unspecified atom stereocenters. The molecule has 0 aliphatic rings. The molecule has 0 fully saturated rings. The largest absolute Gasteiger partial charge is 0.350 e. The second-order valence-electron chi connectivity index (χ2n) is 7.55. The normalized spacial score (nSPS) is 13.3. The SMILES string of the molecule is CC(=O)NC(CC(CI)c1ccc2ccccc2c1)c1ccc2ccccc2c1. The summed E-state index contributed by atoms with van der Waals surface area (Å²) in [7, 11) is 0. The molecule has 0 heterocycles. The maximum Gasteiger partial charge on any atom is 0.217 e. The number of hydrogen-bond acceptors (Lipinski definition) is 1. The fourth-order valence-corrected chi connectivity index (χ4v) is 4.85. The Kier molecular flexibility index (Phi) is 6.14. The van der Waals surface area contributed by atoms with Gasteiger partial charge in [0.2, 0.25) is 5.91 Å². The van der Waals surface area contributed by atoms with Crippen LogP contribution in [0.4, 0.5) is 0 Å². The van der Waals surface area contributed by atoms with E-state index in [-0.39, 0.29) is 11.9 Å². The summed E-state index contributed by atoms with van der Waals surface area (Å²) in [6.07, 6.45) is 0.874. The van der Waals surface area contributed by atoms with Crippen molar-refractivity contribution in [2.45, 2.75) is 25.3 Å². The highest BCUT2D eigenvalue weighted by Crippen LogP contribution is 2.33. The van der Waals surface area contributed by atoms with E-state index in [0.717, 1.165) is 16.4 Å². The van der Waals surface area contributed by atoms with Crippen molar-refractivity contribution in [2.75, 3.05) is 4.43 Å². The summed E-state index contributed by atoms with van der Waals surface area (Å²) in [6.45, 7) is 1.60. The highest BCUT2D eigenvalue weighted by Gasteiger charge is 2.20. The van der Waals surface area contributed by atoms with Crippen molar-refractivity contribution in [1.82, 2.24) is 5.32 Å². The van der Waals surface area contributed by atoms with Gasteiger partial charge >= 0.3 is 0 Å². The average molecular weight is 493 g/mol. The molecule has 4 aromatic rings. The minimum absolute atomic E-state index is 0.00822. The molecule has 1 N–H and O–H groups in total. The molecule has 0 saturated heterocycles. The van der Waals surface area contributed by atoms with E-state index in [1.807, 2.05) is 0 Å². The minimum atomic E-state index is -0.0108. The van der Waals surface area contributed by atoms with Crippen molar-refractivity contribution in [1.29, 1.82) is 0 Å². The first-order valence-electron chi connectivity index (χ1n) is 9.94. The van der Waals surface area contributed by atoms with E-state index in [9.17, 15) is 4.79 Å². The average Bonchev–Trinajstić information content (AvgIpc) is 2.75. The van der Waals surface area contributed by atoms with Gasteiger partial charge in [-0.15, -0.1) is 0 Å². The zero-order chi connectivity index (χ0) is 20.2. The van der Waals surface area contributed by atoms with Crippen LogP contribution in [0, 0.1) is 0 Å². The number of carbonyl (C=O) groups excluding carboxylic acids is 1. The number of hydrogen-bond donors (Lipinski definition) is 1. The maximum atomic E-state index is 12.0. The first-order valence-corrected chi connectivity index (χ1v) is 11.5. The van der Waals surface area contributed by atoms with E-state index >= 15 is 0 Å². The predicted octanol–water partition coefficient (Wildman–Crippen LogP) is 6.78. The lowest BCUT2D eigenvalue weighted by Gasteiger charge is -2.24. The number of fused-ring (bicyclic) bond motifs is 2. The lowest BCUT2D eigenvalue weighted by Crippen LogP contribution is -2.27. The van der Waals surface area contributed by atoms with Gasteiger partial charge in [-0.25, -0.2) is 0 Å². The number of nitrogens with one attached hydrogen (secondary N) is 1. The predicted molar refractivity (Wildman–Crippen MR) is 131 cm³/mol. The Labute approximate surface area is 185 Å². The number of halogens is 1. The lowest BCUT2D eigenvalue weighted by molar-refractivity contribution is -0.119. The fourth-order valence-electron chi connectivity index (χ4n) is 3.98. The van der Waals surface area contributed by atoms with Crippen molar-refractivity contribution in [3.8, 4) is 0 Å². The molecule has 4 aromatic carbocycles. The van der Waals surface area contributed by atoms with Gasteiger partial charge in [0.15, 0.2) is 0 Å². The molecule has 4 rings (SSSR count). The van der Waals surface area contributed by atoms with E-state index < -0.39 is 0 Å². The maximum absolute atomic E-state index is 12.0. The summed E-state index contributed by atoms with van der Waals surface area (Å²) in [5.74, 6) is 0.373. The summed E-state index contributed by atoms with van der Waals surface area (Å²) in [5, 5.41) is 8.14. The van der Waals surface area contributed by atoms with Gasteiger partial charge in [-0.3, -0.25) is 4.79 Å². The molecular formula is C26H24INO. The topological polar surface area (TPSA) is 29.1 Å². The van der Waals surface area contributed by atoms with Crippen LogP contribution in [-0.4, -0.2) is 10.3 Å². The van der Waals surface area contributed by atoms with Gasteiger partial charge in [0, 0.05) is 11.4 Å². The number of alkyl halides is 1. The summed E-state index contributed by atoms with van der Waals surface area (Å²) >= 11 is 2.46. The Hall–Kier alpha value is -2.40. The third kappa shape index (κ3) is 4.61. The van der Waals surface area contributed by atoms with E-state index in [0.29, 0.717) is 5.92 Å². The van der Waals surface area contributed by atoms with Gasteiger partial charge in [0.1, 0.15) is 0 Å². The van der Waals surface area contributed by atoms with E-state index in [1.165, 1.54) is 27.1 Å². The molecule has 2 atom stereocenters. The Morgan fingerprint density at radius 2 is 1.31 bits per heavy atom. The smallest absolute Gasteiger partial charge is 0.217 e. The Bertz CT molecular complexity index is 1150. The van der Waals surface area contributed by atoms with E-state index in [1.54, 1.807) is 6.92 Å². The Morgan fingerprint density at radius 3 is 1.86 bits per heavy atom. The molecule has 0 aliphatic heterocycles. The van der Waals surface area contributed by atoms with Gasteiger partial charge in [-0.1, -0.05) is 101 Å². The van der Waals surface area contributed by atoms with Crippen LogP contribution < -0.4 is 5.32 Å². The summed E-state index contributed by atoms with van der Waals surface area (Å²) in [6, 6.07) is 30.1. The van der Waals surface area contributed by atoms with Crippen LogP contribution >= 0.6 is 22.6 Å². The van der Waals surface area contributed by atoms with Crippen LogP contribution in [0.5, 0.6) is 0 Å². The molecule has 1 amide bonds. The van der Waals surface area contributed by atoms with Crippen molar-refractivity contribution in [2.24, 2.45) is 0 Å². The number of rotatable bonds is 6. The van der Waals surface area contributed by atoms with Gasteiger partial charge in [0.25, 0.3) is 0 Å². The standard InChI is InChI=1S/C26H24INO/c1-18(29)28-26(24-13-11-20-7-3-5-9-22(20)15-24)16-25(17-27)23-12-10-19-6-2-4-8-21(19)14-23/h2-15,25-26H,16-17H2,1H3,(H,28,29). The zero-order valence-corrected chi connectivity index (χ0v) is 18.6.